The minimum absolute atomic E-state index is 0.0926. The molecule has 0 bridgehead atoms. The Bertz CT molecular complexity index is 668. The van der Waals surface area contributed by atoms with Crippen LogP contribution < -0.4 is 9.47 Å². The third kappa shape index (κ3) is 3.18. The number of ether oxygens (including phenoxy) is 2. The number of hydrogen-bond donors (Lipinski definition) is 1. The first-order valence-corrected chi connectivity index (χ1v) is 6.07. The van der Waals surface area contributed by atoms with Crippen molar-refractivity contribution in [1.82, 2.24) is 4.98 Å². The van der Waals surface area contributed by atoms with Gasteiger partial charge in [-0.1, -0.05) is 17.7 Å². The summed E-state index contributed by atoms with van der Waals surface area (Å²) >= 11 is 5.81. The molecule has 1 N–H and O–H groups in total. The van der Waals surface area contributed by atoms with Crippen LogP contribution in [-0.4, -0.2) is 17.2 Å². The minimum atomic E-state index is -0.0926. The molecular weight excluding hydrogens is 280 g/mol. The monoisotopic (exact) mass is 290 g/mol. The molecule has 20 heavy (non-hydrogen) atoms. The Morgan fingerprint density at radius 2 is 2.10 bits per heavy atom. The van der Waals surface area contributed by atoms with Crippen molar-refractivity contribution < 1.29 is 14.6 Å². The molecule has 2 aromatic rings. The predicted molar refractivity (Wildman–Crippen MR) is 73.0 cm³/mol. The van der Waals surface area contributed by atoms with E-state index in [-0.39, 0.29) is 17.6 Å². The molecule has 6 heteroatoms. The van der Waals surface area contributed by atoms with Gasteiger partial charge in [0.25, 0.3) is 0 Å². The quantitative estimate of drug-likeness (QED) is 0.876. The summed E-state index contributed by atoms with van der Waals surface area (Å²) in [5.41, 5.74) is 1.05. The second-order valence-electron chi connectivity index (χ2n) is 3.87. The first kappa shape index (κ1) is 14.1. The standard InChI is InChI=1S/C14H11ClN2O3/c1-19-12-4-9(8-18)2-3-11(12)20-14-6-10(7-16)5-13(15)17-14/h2-6,18H,8H2,1H3. The summed E-state index contributed by atoms with van der Waals surface area (Å²) in [6.07, 6.45) is 0. The van der Waals surface area contributed by atoms with Crippen molar-refractivity contribution in [1.29, 1.82) is 5.26 Å². The van der Waals surface area contributed by atoms with Gasteiger partial charge in [0.1, 0.15) is 5.15 Å². The lowest BCUT2D eigenvalue weighted by atomic mass is 10.2. The average molecular weight is 291 g/mol. The van der Waals surface area contributed by atoms with E-state index >= 15 is 0 Å². The van der Waals surface area contributed by atoms with Gasteiger partial charge in [-0.05, 0) is 23.8 Å². The molecule has 0 radical (unpaired) electrons. The van der Waals surface area contributed by atoms with Crippen LogP contribution in [0.4, 0.5) is 0 Å². The molecule has 102 valence electrons. The van der Waals surface area contributed by atoms with Crippen LogP contribution in [0.15, 0.2) is 30.3 Å². The number of methoxy groups -OCH3 is 1. The van der Waals surface area contributed by atoms with Gasteiger partial charge in [-0.3, -0.25) is 0 Å². The molecule has 0 spiro atoms. The number of halogens is 1. The van der Waals surface area contributed by atoms with Gasteiger partial charge >= 0.3 is 0 Å². The number of rotatable bonds is 4. The summed E-state index contributed by atoms with van der Waals surface area (Å²) < 4.78 is 10.8. The van der Waals surface area contributed by atoms with Crippen molar-refractivity contribution in [3.05, 3.63) is 46.6 Å². The molecule has 0 aliphatic rings. The van der Waals surface area contributed by atoms with Crippen LogP contribution in [0.2, 0.25) is 5.15 Å². The molecule has 0 aliphatic carbocycles. The van der Waals surface area contributed by atoms with E-state index in [2.05, 4.69) is 4.98 Å². The van der Waals surface area contributed by atoms with Gasteiger partial charge in [0.05, 0.1) is 25.3 Å². The fourth-order valence-electron chi connectivity index (χ4n) is 1.60. The van der Waals surface area contributed by atoms with Crippen molar-refractivity contribution in [3.63, 3.8) is 0 Å². The average Bonchev–Trinajstić information content (AvgIpc) is 2.47. The molecular formula is C14H11ClN2O3. The van der Waals surface area contributed by atoms with Gasteiger partial charge in [-0.25, -0.2) is 4.98 Å². The van der Waals surface area contributed by atoms with Gasteiger partial charge in [0, 0.05) is 6.07 Å². The molecule has 0 saturated carbocycles. The fourth-order valence-corrected chi connectivity index (χ4v) is 1.80. The number of benzene rings is 1. The van der Waals surface area contributed by atoms with Gasteiger partial charge in [0.2, 0.25) is 5.88 Å². The Labute approximate surface area is 121 Å². The van der Waals surface area contributed by atoms with Crippen LogP contribution in [0.5, 0.6) is 17.4 Å². The number of nitrogens with zero attached hydrogens (tertiary/aromatic N) is 2. The van der Waals surface area contributed by atoms with Gasteiger partial charge in [-0.15, -0.1) is 0 Å². The number of hydrogen-bond acceptors (Lipinski definition) is 5. The zero-order valence-electron chi connectivity index (χ0n) is 10.6. The van der Waals surface area contributed by atoms with E-state index in [0.717, 1.165) is 0 Å². The van der Waals surface area contributed by atoms with E-state index in [1.807, 2.05) is 6.07 Å². The van der Waals surface area contributed by atoms with E-state index in [1.165, 1.54) is 19.2 Å². The SMILES string of the molecule is COc1cc(CO)ccc1Oc1cc(C#N)cc(Cl)n1. The van der Waals surface area contributed by atoms with Crippen molar-refractivity contribution in [2.45, 2.75) is 6.61 Å². The number of nitriles is 1. The maximum absolute atomic E-state index is 9.08. The highest BCUT2D eigenvalue weighted by Crippen LogP contribution is 2.32. The molecule has 0 unspecified atom stereocenters. The van der Waals surface area contributed by atoms with Crippen molar-refractivity contribution in [3.8, 4) is 23.4 Å². The topological polar surface area (TPSA) is 75.4 Å². The molecule has 0 fully saturated rings. The largest absolute Gasteiger partial charge is 0.493 e. The summed E-state index contributed by atoms with van der Waals surface area (Å²) in [6.45, 7) is -0.0926. The lowest BCUT2D eigenvalue weighted by Gasteiger charge is -2.11. The second-order valence-corrected chi connectivity index (χ2v) is 4.26. The van der Waals surface area contributed by atoms with Gasteiger partial charge in [0.15, 0.2) is 11.5 Å². The Kier molecular flexibility index (Phi) is 4.41. The molecule has 0 aliphatic heterocycles. The molecule has 1 aromatic carbocycles. The highest BCUT2D eigenvalue weighted by molar-refractivity contribution is 6.29. The molecule has 0 saturated heterocycles. The van der Waals surface area contributed by atoms with Crippen LogP contribution in [0.25, 0.3) is 0 Å². The molecule has 5 nitrogen and oxygen atoms in total. The lowest BCUT2D eigenvalue weighted by molar-refractivity contribution is 0.280. The van der Waals surface area contributed by atoms with Crippen LogP contribution in [0.1, 0.15) is 11.1 Å². The smallest absolute Gasteiger partial charge is 0.222 e. The van der Waals surface area contributed by atoms with Crippen molar-refractivity contribution in [2.75, 3.05) is 7.11 Å². The fraction of sp³-hybridized carbons (Fsp3) is 0.143. The van der Waals surface area contributed by atoms with E-state index in [4.69, 9.17) is 31.4 Å². The number of aliphatic hydroxyl groups excluding tert-OH is 1. The van der Waals surface area contributed by atoms with E-state index < -0.39 is 0 Å². The zero-order valence-corrected chi connectivity index (χ0v) is 11.4. The Hall–Kier alpha value is -2.29. The Morgan fingerprint density at radius 1 is 1.30 bits per heavy atom. The second kappa shape index (κ2) is 6.24. The first-order chi connectivity index (χ1) is 9.66. The highest BCUT2D eigenvalue weighted by atomic mass is 35.5. The van der Waals surface area contributed by atoms with Crippen LogP contribution in [0, 0.1) is 11.3 Å². The summed E-state index contributed by atoms with van der Waals surface area (Å²) in [4.78, 5) is 3.98. The van der Waals surface area contributed by atoms with Crippen LogP contribution >= 0.6 is 11.6 Å². The van der Waals surface area contributed by atoms with Crippen molar-refractivity contribution >= 4 is 11.6 Å². The van der Waals surface area contributed by atoms with Gasteiger partial charge < -0.3 is 14.6 Å². The minimum Gasteiger partial charge on any atom is -0.493 e. The van der Waals surface area contributed by atoms with E-state index in [9.17, 15) is 0 Å². The van der Waals surface area contributed by atoms with Crippen molar-refractivity contribution in [2.24, 2.45) is 0 Å². The summed E-state index contributed by atoms with van der Waals surface area (Å²) in [7, 11) is 1.50. The number of pyridine rings is 1. The van der Waals surface area contributed by atoms with E-state index in [0.29, 0.717) is 22.6 Å². The van der Waals surface area contributed by atoms with E-state index in [1.54, 1.807) is 18.2 Å². The third-order valence-electron chi connectivity index (χ3n) is 2.52. The first-order valence-electron chi connectivity index (χ1n) is 5.69. The Balaban J connectivity index is 2.35. The number of aromatic nitrogens is 1. The summed E-state index contributed by atoms with van der Waals surface area (Å²) in [6, 6.07) is 9.91. The zero-order chi connectivity index (χ0) is 14.5. The summed E-state index contributed by atoms with van der Waals surface area (Å²) in [5, 5.41) is 18.1. The maximum Gasteiger partial charge on any atom is 0.222 e. The third-order valence-corrected chi connectivity index (χ3v) is 2.72. The lowest BCUT2D eigenvalue weighted by Crippen LogP contribution is -1.94. The summed E-state index contributed by atoms with van der Waals surface area (Å²) in [5.74, 6) is 1.07. The molecule has 1 heterocycles. The maximum atomic E-state index is 9.08. The van der Waals surface area contributed by atoms with Crippen LogP contribution in [0.3, 0.4) is 0 Å². The predicted octanol–water partition coefficient (Wildman–Crippen LogP) is 2.90. The highest BCUT2D eigenvalue weighted by Gasteiger charge is 2.09. The van der Waals surface area contributed by atoms with Gasteiger partial charge in [-0.2, -0.15) is 5.26 Å². The normalized spacial score (nSPS) is 9.90. The molecule has 2 rings (SSSR count). The Morgan fingerprint density at radius 3 is 2.75 bits per heavy atom. The van der Waals surface area contributed by atoms with Crippen LogP contribution in [-0.2, 0) is 6.61 Å². The molecule has 1 aromatic heterocycles. The number of aliphatic hydroxyl groups is 1. The molecule has 0 amide bonds. The molecule has 0 atom stereocenters.